The Morgan fingerprint density at radius 3 is 2.79 bits per heavy atom. The molecule has 0 spiro atoms. The summed E-state index contributed by atoms with van der Waals surface area (Å²) < 4.78 is 18.7. The van der Waals surface area contributed by atoms with Crippen molar-refractivity contribution < 1.29 is 13.9 Å². The molecular weight excluding hydrogens is 307 g/mol. The summed E-state index contributed by atoms with van der Waals surface area (Å²) in [6.45, 7) is 1.81. The van der Waals surface area contributed by atoms with E-state index < -0.39 is 0 Å². The normalized spacial score (nSPS) is 14.3. The molecule has 2 aromatic carbocycles. The largest absolute Gasteiger partial charge is 0.380 e. The third-order valence-corrected chi connectivity index (χ3v) is 4.20. The van der Waals surface area contributed by atoms with Crippen molar-refractivity contribution in [2.45, 2.75) is 13.0 Å². The average molecular weight is 328 g/mol. The number of amides is 2. The Labute approximate surface area is 141 Å². The van der Waals surface area contributed by atoms with E-state index in [1.165, 1.54) is 6.07 Å². The van der Waals surface area contributed by atoms with Crippen LogP contribution in [0.1, 0.15) is 11.1 Å². The highest BCUT2D eigenvalue weighted by Crippen LogP contribution is 2.23. The number of nitrogens with zero attached hydrogens (tertiary/aromatic N) is 1. The maximum Gasteiger partial charge on any atom is 0.321 e. The standard InChI is InChI=1S/C19H21FN2O2/c1-24-13-14-5-4-7-17(10-14)21-19(23)22-11-15(12-22)9-16-6-2-3-8-18(16)20/h2-8,10,15H,9,11-13H2,1H3,(H,21,23). The van der Waals surface area contributed by atoms with Crippen LogP contribution in [0.15, 0.2) is 48.5 Å². The Balaban J connectivity index is 1.50. The lowest BCUT2D eigenvalue weighted by molar-refractivity contribution is 0.130. The Hall–Kier alpha value is -2.40. The zero-order valence-corrected chi connectivity index (χ0v) is 13.7. The molecule has 2 aromatic rings. The van der Waals surface area contributed by atoms with Gasteiger partial charge in [0.1, 0.15) is 5.82 Å². The predicted octanol–water partition coefficient (Wildman–Crippen LogP) is 3.68. The molecule has 2 amide bonds. The molecule has 0 aromatic heterocycles. The van der Waals surface area contributed by atoms with Crippen molar-refractivity contribution in [1.82, 2.24) is 4.90 Å². The van der Waals surface area contributed by atoms with Crippen molar-refractivity contribution in [2.24, 2.45) is 5.92 Å². The molecule has 4 nitrogen and oxygen atoms in total. The van der Waals surface area contributed by atoms with Gasteiger partial charge in [-0.25, -0.2) is 9.18 Å². The number of carbonyl (C=O) groups is 1. The minimum Gasteiger partial charge on any atom is -0.380 e. The first-order valence-corrected chi connectivity index (χ1v) is 8.03. The van der Waals surface area contributed by atoms with Crippen LogP contribution in [0.2, 0.25) is 0 Å². The molecule has 0 bridgehead atoms. The molecular formula is C19H21FN2O2. The SMILES string of the molecule is COCc1cccc(NC(=O)N2CC(Cc3ccccc3F)C2)c1. The fourth-order valence-corrected chi connectivity index (χ4v) is 2.95. The Morgan fingerprint density at radius 2 is 2.04 bits per heavy atom. The molecule has 1 aliphatic heterocycles. The summed E-state index contributed by atoms with van der Waals surface area (Å²) >= 11 is 0. The molecule has 3 rings (SSSR count). The second kappa shape index (κ2) is 7.45. The predicted molar refractivity (Wildman–Crippen MR) is 91.3 cm³/mol. The Morgan fingerprint density at radius 1 is 1.25 bits per heavy atom. The first-order chi connectivity index (χ1) is 11.7. The number of methoxy groups -OCH3 is 1. The molecule has 1 fully saturated rings. The number of halogens is 1. The highest BCUT2D eigenvalue weighted by Gasteiger charge is 2.31. The maximum atomic E-state index is 13.7. The minimum absolute atomic E-state index is 0.116. The molecule has 126 valence electrons. The van der Waals surface area contributed by atoms with Crippen LogP contribution < -0.4 is 5.32 Å². The number of rotatable bonds is 5. The Bertz CT molecular complexity index is 714. The van der Waals surface area contributed by atoms with E-state index in [1.54, 1.807) is 24.1 Å². The fourth-order valence-electron chi connectivity index (χ4n) is 2.95. The smallest absolute Gasteiger partial charge is 0.321 e. The number of hydrogen-bond acceptors (Lipinski definition) is 2. The van der Waals surface area contributed by atoms with E-state index in [0.717, 1.165) is 16.8 Å². The monoisotopic (exact) mass is 328 g/mol. The number of nitrogens with one attached hydrogen (secondary N) is 1. The van der Waals surface area contributed by atoms with Gasteiger partial charge in [0.2, 0.25) is 0 Å². The van der Waals surface area contributed by atoms with Gasteiger partial charge in [0.15, 0.2) is 0 Å². The van der Waals surface area contributed by atoms with Crippen molar-refractivity contribution in [1.29, 1.82) is 0 Å². The first-order valence-electron chi connectivity index (χ1n) is 8.03. The van der Waals surface area contributed by atoms with Crippen LogP contribution >= 0.6 is 0 Å². The number of benzene rings is 2. The number of anilines is 1. The molecule has 1 N–H and O–H groups in total. The van der Waals surface area contributed by atoms with Gasteiger partial charge in [-0.05, 0) is 41.7 Å². The molecule has 1 saturated heterocycles. The molecule has 0 radical (unpaired) electrons. The highest BCUT2D eigenvalue weighted by atomic mass is 19.1. The highest BCUT2D eigenvalue weighted by molar-refractivity contribution is 5.89. The third kappa shape index (κ3) is 3.92. The van der Waals surface area contributed by atoms with Crippen LogP contribution in [0, 0.1) is 11.7 Å². The van der Waals surface area contributed by atoms with Crippen LogP contribution in [-0.4, -0.2) is 31.1 Å². The zero-order chi connectivity index (χ0) is 16.9. The topological polar surface area (TPSA) is 41.6 Å². The van der Waals surface area contributed by atoms with Gasteiger partial charge in [0.25, 0.3) is 0 Å². The lowest BCUT2D eigenvalue weighted by atomic mass is 9.92. The van der Waals surface area contributed by atoms with Crippen LogP contribution in [0.3, 0.4) is 0 Å². The molecule has 1 heterocycles. The van der Waals surface area contributed by atoms with Gasteiger partial charge < -0.3 is 15.0 Å². The van der Waals surface area contributed by atoms with Crippen LogP contribution in [0.25, 0.3) is 0 Å². The van der Waals surface area contributed by atoms with E-state index in [0.29, 0.717) is 32.0 Å². The van der Waals surface area contributed by atoms with Crippen molar-refractivity contribution in [3.63, 3.8) is 0 Å². The summed E-state index contributed by atoms with van der Waals surface area (Å²) in [5.74, 6) is 0.142. The second-order valence-corrected chi connectivity index (χ2v) is 6.13. The van der Waals surface area contributed by atoms with Gasteiger partial charge in [-0.3, -0.25) is 0 Å². The van der Waals surface area contributed by atoms with Gasteiger partial charge in [-0.1, -0.05) is 30.3 Å². The summed E-state index contributed by atoms with van der Waals surface area (Å²) in [6, 6.07) is 14.3. The van der Waals surface area contributed by atoms with E-state index in [2.05, 4.69) is 5.32 Å². The summed E-state index contributed by atoms with van der Waals surface area (Å²) in [4.78, 5) is 14.0. The van der Waals surface area contributed by atoms with Gasteiger partial charge >= 0.3 is 6.03 Å². The second-order valence-electron chi connectivity index (χ2n) is 6.13. The van der Waals surface area contributed by atoms with Crippen molar-refractivity contribution in [2.75, 3.05) is 25.5 Å². The van der Waals surface area contributed by atoms with Gasteiger partial charge in [-0.15, -0.1) is 0 Å². The maximum absolute atomic E-state index is 13.7. The number of hydrogen-bond donors (Lipinski definition) is 1. The summed E-state index contributed by atoms with van der Waals surface area (Å²) in [5, 5.41) is 2.90. The molecule has 24 heavy (non-hydrogen) atoms. The van der Waals surface area contributed by atoms with E-state index in [-0.39, 0.29) is 11.8 Å². The number of urea groups is 1. The fraction of sp³-hybridized carbons (Fsp3) is 0.316. The minimum atomic E-state index is -0.171. The van der Waals surface area contributed by atoms with E-state index >= 15 is 0 Å². The molecule has 0 aliphatic carbocycles. The van der Waals surface area contributed by atoms with Gasteiger partial charge in [0.05, 0.1) is 6.61 Å². The van der Waals surface area contributed by atoms with E-state index in [4.69, 9.17) is 4.74 Å². The summed E-state index contributed by atoms with van der Waals surface area (Å²) in [7, 11) is 1.64. The number of ether oxygens (including phenoxy) is 1. The molecule has 0 atom stereocenters. The average Bonchev–Trinajstić information content (AvgIpc) is 2.52. The van der Waals surface area contributed by atoms with Crippen molar-refractivity contribution in [3.05, 3.63) is 65.5 Å². The van der Waals surface area contributed by atoms with Crippen LogP contribution in [0.4, 0.5) is 14.9 Å². The molecule has 1 aliphatic rings. The van der Waals surface area contributed by atoms with Gasteiger partial charge in [-0.2, -0.15) is 0 Å². The summed E-state index contributed by atoms with van der Waals surface area (Å²) in [6.07, 6.45) is 0.666. The van der Waals surface area contributed by atoms with Crippen LogP contribution in [-0.2, 0) is 17.8 Å². The first kappa shape index (κ1) is 16.5. The lowest BCUT2D eigenvalue weighted by Crippen LogP contribution is -2.52. The number of likely N-dealkylation sites (tertiary alicyclic amines) is 1. The Kier molecular flexibility index (Phi) is 5.11. The molecule has 5 heteroatoms. The summed E-state index contributed by atoms with van der Waals surface area (Å²) in [5.41, 5.74) is 2.48. The number of carbonyl (C=O) groups excluding carboxylic acids is 1. The van der Waals surface area contributed by atoms with E-state index in [1.807, 2.05) is 30.3 Å². The zero-order valence-electron chi connectivity index (χ0n) is 13.7. The lowest BCUT2D eigenvalue weighted by Gasteiger charge is -2.39. The molecule has 0 saturated carbocycles. The van der Waals surface area contributed by atoms with Gasteiger partial charge in [0, 0.05) is 25.9 Å². The van der Waals surface area contributed by atoms with Crippen LogP contribution in [0.5, 0.6) is 0 Å². The van der Waals surface area contributed by atoms with E-state index in [9.17, 15) is 9.18 Å². The van der Waals surface area contributed by atoms with Crippen molar-refractivity contribution in [3.8, 4) is 0 Å². The third-order valence-electron chi connectivity index (χ3n) is 4.20. The van der Waals surface area contributed by atoms with Crippen molar-refractivity contribution >= 4 is 11.7 Å². The quantitative estimate of drug-likeness (QED) is 0.910. The molecule has 0 unspecified atom stereocenters.